The molecule has 4 aliphatic rings. The number of esters is 1. The van der Waals surface area contributed by atoms with Crippen molar-refractivity contribution >= 4 is 50.7 Å². The summed E-state index contributed by atoms with van der Waals surface area (Å²) >= 11 is 0. The minimum atomic E-state index is -3.91. The number of rotatable bonds is 7. The summed E-state index contributed by atoms with van der Waals surface area (Å²) in [5.74, 6) is -3.78. The van der Waals surface area contributed by atoms with E-state index in [0.717, 1.165) is 10.9 Å². The predicted molar refractivity (Wildman–Crippen MR) is 182 cm³/mol. The largest absolute Gasteiger partial charge is 0.456 e. The Morgan fingerprint density at radius 3 is 2.60 bits per heavy atom. The number of hydrogen-bond donors (Lipinski definition) is 3. The lowest BCUT2D eigenvalue weighted by Crippen LogP contribution is -2.59. The highest BCUT2D eigenvalue weighted by Crippen LogP contribution is 2.45. The topological polar surface area (TPSA) is 182 Å². The summed E-state index contributed by atoms with van der Waals surface area (Å²) < 4.78 is 40.5. The molecule has 50 heavy (non-hydrogen) atoms. The third-order valence-corrected chi connectivity index (χ3v) is 11.6. The molecule has 3 N–H and O–H groups in total. The first-order chi connectivity index (χ1) is 23.8. The predicted octanol–water partition coefficient (Wildman–Crippen LogP) is 2.54. The molecule has 3 heterocycles. The van der Waals surface area contributed by atoms with E-state index in [1.807, 2.05) is 41.0 Å². The minimum absolute atomic E-state index is 0.102. The highest BCUT2D eigenvalue weighted by atomic mass is 32.2. The monoisotopic (exact) mass is 709 g/mol. The van der Waals surface area contributed by atoms with Crippen LogP contribution in [0.25, 0.3) is 10.9 Å². The van der Waals surface area contributed by atoms with Crippen molar-refractivity contribution in [3.05, 3.63) is 60.8 Å². The normalized spacial score (nSPS) is 27.7. The standard InChI is InChI=1S/C35H43N5O9S/c1-4-23-19-35(23,33(44)38-50(46,47)25-13-14-25)37-30(41)27-18-24-20-40(27)31(42)29(21(2)3)36-34(45)48-16-10-6-5-9-15-39-26-12-8-7-11-22(26)17-28(39)32(43)49-24/h4-5,7-9,11-12,17,21,23-25,27,29H,1,6,10,13-16,18-20H2,2-3H3,(H,36,45)(H,37,41)(H,38,44)/t23-,24-,27+,29+,35-/m1/s1. The van der Waals surface area contributed by atoms with Crippen LogP contribution >= 0.6 is 0 Å². The average Bonchev–Trinajstić information content (AvgIpc) is 3.98. The van der Waals surface area contributed by atoms with E-state index in [1.165, 1.54) is 11.0 Å². The molecular weight excluding hydrogens is 666 g/mol. The van der Waals surface area contributed by atoms with Crippen LogP contribution in [0.1, 0.15) is 62.9 Å². The van der Waals surface area contributed by atoms with Crippen molar-refractivity contribution in [1.82, 2.24) is 24.8 Å². The van der Waals surface area contributed by atoms with E-state index in [1.54, 1.807) is 19.9 Å². The Hall–Kier alpha value is -4.66. The van der Waals surface area contributed by atoms with Crippen LogP contribution in [-0.4, -0.2) is 89.8 Å². The number of benzene rings is 1. The average molecular weight is 710 g/mol. The molecule has 0 unspecified atom stereocenters. The number of carbonyl (C=O) groups is 5. The number of sulfonamides is 1. The number of carbonyl (C=O) groups excluding carboxylic acids is 5. The van der Waals surface area contributed by atoms with E-state index in [9.17, 15) is 32.4 Å². The molecule has 6 rings (SSSR count). The molecule has 0 spiro atoms. The van der Waals surface area contributed by atoms with Gasteiger partial charge >= 0.3 is 12.1 Å². The van der Waals surface area contributed by atoms with Gasteiger partial charge in [-0.1, -0.05) is 50.3 Å². The highest BCUT2D eigenvalue weighted by molar-refractivity contribution is 7.91. The van der Waals surface area contributed by atoms with Crippen molar-refractivity contribution in [3.8, 4) is 0 Å². The molecule has 2 aliphatic heterocycles. The molecule has 5 atom stereocenters. The Bertz CT molecular complexity index is 1850. The van der Waals surface area contributed by atoms with Gasteiger partial charge in [0.15, 0.2) is 0 Å². The number of allylic oxidation sites excluding steroid dienone is 2. The van der Waals surface area contributed by atoms with Gasteiger partial charge < -0.3 is 29.6 Å². The summed E-state index contributed by atoms with van der Waals surface area (Å²) in [6, 6.07) is 6.97. The van der Waals surface area contributed by atoms with E-state index >= 15 is 0 Å². The van der Waals surface area contributed by atoms with Gasteiger partial charge in [0, 0.05) is 29.8 Å². The minimum Gasteiger partial charge on any atom is -0.456 e. The Kier molecular flexibility index (Phi) is 9.80. The number of amides is 4. The fourth-order valence-corrected chi connectivity index (χ4v) is 8.07. The van der Waals surface area contributed by atoms with Crippen molar-refractivity contribution in [3.63, 3.8) is 0 Å². The third kappa shape index (κ3) is 7.14. The van der Waals surface area contributed by atoms with E-state index in [-0.39, 0.29) is 26.0 Å². The van der Waals surface area contributed by atoms with Gasteiger partial charge in [-0.05, 0) is 50.2 Å². The fraction of sp³-hybridized carbons (Fsp3) is 0.514. The first-order valence-electron chi connectivity index (χ1n) is 17.0. The molecule has 3 fully saturated rings. The number of nitrogens with zero attached hydrogens (tertiary/aromatic N) is 2. The smallest absolute Gasteiger partial charge is 0.407 e. The SMILES string of the molecule is C=C[C@@H]1C[C@]1(NC(=O)[C@@H]1C[C@@H]2CN1C(=O)[C@H](C(C)C)NC(=O)OCCCC=CCn1c(cc3ccccc31)C(=O)O2)C(=O)NS(=O)(=O)C1CC1. The lowest BCUT2D eigenvalue weighted by atomic mass is 10.0. The summed E-state index contributed by atoms with van der Waals surface area (Å²) in [7, 11) is -3.91. The zero-order valence-electron chi connectivity index (χ0n) is 28.1. The van der Waals surface area contributed by atoms with Crippen molar-refractivity contribution in [2.45, 2.75) is 87.9 Å². The second kappa shape index (κ2) is 13.9. The summed E-state index contributed by atoms with van der Waals surface area (Å²) in [5, 5.41) is 5.54. The summed E-state index contributed by atoms with van der Waals surface area (Å²) in [5.41, 5.74) is -0.449. The van der Waals surface area contributed by atoms with Gasteiger partial charge in [-0.2, -0.15) is 0 Å². The van der Waals surface area contributed by atoms with Gasteiger partial charge in [0.05, 0.1) is 18.4 Å². The highest BCUT2D eigenvalue weighted by Gasteiger charge is 2.62. The van der Waals surface area contributed by atoms with E-state index in [2.05, 4.69) is 21.9 Å². The summed E-state index contributed by atoms with van der Waals surface area (Å²) in [6.07, 6.45) is 5.70. The molecule has 2 aromatic rings. The Morgan fingerprint density at radius 2 is 1.90 bits per heavy atom. The molecule has 2 aliphatic carbocycles. The number of aromatic nitrogens is 1. The Morgan fingerprint density at radius 1 is 1.14 bits per heavy atom. The van der Waals surface area contributed by atoms with Gasteiger partial charge in [-0.15, -0.1) is 6.58 Å². The molecule has 1 aromatic heterocycles. The van der Waals surface area contributed by atoms with Crippen molar-refractivity contribution in [2.75, 3.05) is 13.2 Å². The van der Waals surface area contributed by atoms with Crippen LogP contribution in [0.5, 0.6) is 0 Å². The lowest BCUT2D eigenvalue weighted by Gasteiger charge is -2.31. The van der Waals surface area contributed by atoms with Crippen LogP contribution in [-0.2, 0) is 40.4 Å². The molecular formula is C35H43N5O9S. The lowest BCUT2D eigenvalue weighted by molar-refractivity contribution is -0.141. The molecule has 0 radical (unpaired) electrons. The van der Waals surface area contributed by atoms with Crippen LogP contribution in [0.15, 0.2) is 55.1 Å². The molecule has 4 amide bonds. The van der Waals surface area contributed by atoms with Crippen molar-refractivity contribution < 1.29 is 41.9 Å². The number of cyclic esters (lactones) is 1. The van der Waals surface area contributed by atoms with E-state index in [0.29, 0.717) is 37.9 Å². The third-order valence-electron chi connectivity index (χ3n) is 9.80. The Labute approximate surface area is 290 Å². The molecule has 268 valence electrons. The summed E-state index contributed by atoms with van der Waals surface area (Å²) in [4.78, 5) is 69.4. The van der Waals surface area contributed by atoms with Gasteiger partial charge in [0.1, 0.15) is 29.4 Å². The molecule has 2 bridgehead atoms. The van der Waals surface area contributed by atoms with Crippen LogP contribution in [0.2, 0.25) is 0 Å². The van der Waals surface area contributed by atoms with Crippen LogP contribution < -0.4 is 15.4 Å². The number of hydrogen-bond acceptors (Lipinski definition) is 9. The van der Waals surface area contributed by atoms with E-state index in [4.69, 9.17) is 9.47 Å². The van der Waals surface area contributed by atoms with Gasteiger partial charge in [0.25, 0.3) is 5.91 Å². The molecule has 1 saturated heterocycles. The molecule has 1 aromatic carbocycles. The van der Waals surface area contributed by atoms with Gasteiger partial charge in [-0.25, -0.2) is 18.0 Å². The second-order valence-electron chi connectivity index (χ2n) is 13.8. The Balaban J connectivity index is 1.30. The zero-order valence-corrected chi connectivity index (χ0v) is 28.9. The quantitative estimate of drug-likeness (QED) is 0.288. The summed E-state index contributed by atoms with van der Waals surface area (Å²) in [6.45, 7) is 7.53. The molecule has 15 heteroatoms. The number of para-hydroxylation sites is 1. The van der Waals surface area contributed by atoms with Crippen molar-refractivity contribution in [2.24, 2.45) is 11.8 Å². The molecule has 2 saturated carbocycles. The van der Waals surface area contributed by atoms with E-state index < -0.39 is 80.6 Å². The maximum Gasteiger partial charge on any atom is 0.407 e. The van der Waals surface area contributed by atoms with Crippen LogP contribution in [0.3, 0.4) is 0 Å². The first-order valence-corrected chi connectivity index (χ1v) is 18.6. The fourth-order valence-electron chi connectivity index (χ4n) is 6.71. The van der Waals surface area contributed by atoms with Crippen LogP contribution in [0.4, 0.5) is 4.79 Å². The molecule has 14 nitrogen and oxygen atoms in total. The van der Waals surface area contributed by atoms with Gasteiger partial charge in [-0.3, -0.25) is 19.1 Å². The zero-order chi connectivity index (χ0) is 35.8. The maximum atomic E-state index is 14.1. The first kappa shape index (κ1) is 35.2. The maximum absolute atomic E-state index is 14.1. The van der Waals surface area contributed by atoms with Crippen molar-refractivity contribution in [1.29, 1.82) is 0 Å². The second-order valence-corrected chi connectivity index (χ2v) is 15.7. The van der Waals surface area contributed by atoms with Crippen LogP contribution in [0, 0.1) is 11.8 Å². The number of fused-ring (bicyclic) bond motifs is 5. The number of nitrogens with one attached hydrogen (secondary N) is 3. The van der Waals surface area contributed by atoms with Gasteiger partial charge in [0.2, 0.25) is 21.8 Å². The number of ether oxygens (including phenoxy) is 2. The number of alkyl carbamates (subject to hydrolysis) is 1.